The largest absolute Gasteiger partial charge is 0.256 e. The highest BCUT2D eigenvalue weighted by Gasteiger charge is 2.15. The zero-order chi connectivity index (χ0) is 27.6. The standard InChI is InChI=1S/C40H24N2/c1-3-7-37-29(5-1)21-31(23-41-37)25-9-11-26(12-10-25)33-17-13-27-16-20-36-34(18-14-28-15-19-35(33)39(27)40(28)36)32-22-30-6-2-4-8-38(30)42-24-32/h1-24H. The van der Waals surface area contributed by atoms with Crippen LogP contribution in [-0.2, 0) is 0 Å². The molecule has 0 aliphatic carbocycles. The van der Waals surface area contributed by atoms with Crippen LogP contribution in [0.1, 0.15) is 0 Å². The highest BCUT2D eigenvalue weighted by atomic mass is 14.7. The van der Waals surface area contributed by atoms with Crippen LogP contribution >= 0.6 is 0 Å². The Kier molecular flexibility index (Phi) is 4.93. The molecule has 0 bridgehead atoms. The van der Waals surface area contributed by atoms with Crippen LogP contribution in [0, 0.1) is 0 Å². The fourth-order valence-corrected chi connectivity index (χ4v) is 6.59. The molecule has 0 saturated heterocycles. The third-order valence-electron chi connectivity index (χ3n) is 8.69. The molecule has 2 heteroatoms. The number of para-hydroxylation sites is 2. The van der Waals surface area contributed by atoms with Crippen LogP contribution in [0.2, 0.25) is 0 Å². The molecule has 2 aromatic heterocycles. The number of nitrogens with zero attached hydrogens (tertiary/aromatic N) is 2. The van der Waals surface area contributed by atoms with Crippen LogP contribution < -0.4 is 0 Å². The maximum absolute atomic E-state index is 4.76. The molecule has 0 unspecified atom stereocenters. The summed E-state index contributed by atoms with van der Waals surface area (Å²) in [5, 5.41) is 10.0. The monoisotopic (exact) mass is 532 g/mol. The van der Waals surface area contributed by atoms with Gasteiger partial charge >= 0.3 is 0 Å². The second-order valence-electron chi connectivity index (χ2n) is 11.1. The van der Waals surface area contributed by atoms with Crippen LogP contribution in [0.5, 0.6) is 0 Å². The number of aromatic nitrogens is 2. The van der Waals surface area contributed by atoms with E-state index in [1.165, 1.54) is 54.6 Å². The third-order valence-corrected chi connectivity index (χ3v) is 8.69. The Bertz CT molecular complexity index is 2460. The van der Waals surface area contributed by atoms with E-state index in [0.717, 1.165) is 32.9 Å². The van der Waals surface area contributed by atoms with Gasteiger partial charge in [0, 0.05) is 34.3 Å². The van der Waals surface area contributed by atoms with Crippen molar-refractivity contribution in [1.82, 2.24) is 9.97 Å². The van der Waals surface area contributed by atoms with E-state index >= 15 is 0 Å². The lowest BCUT2D eigenvalue weighted by atomic mass is 9.87. The van der Waals surface area contributed by atoms with E-state index in [2.05, 4.69) is 126 Å². The predicted molar refractivity (Wildman–Crippen MR) is 177 cm³/mol. The molecule has 42 heavy (non-hydrogen) atoms. The zero-order valence-electron chi connectivity index (χ0n) is 22.8. The van der Waals surface area contributed by atoms with E-state index in [0.29, 0.717) is 0 Å². The Balaban J connectivity index is 1.19. The van der Waals surface area contributed by atoms with Crippen molar-refractivity contribution in [3.63, 3.8) is 0 Å². The van der Waals surface area contributed by atoms with Crippen molar-refractivity contribution in [2.75, 3.05) is 0 Å². The molecule has 0 fully saturated rings. The van der Waals surface area contributed by atoms with Crippen LogP contribution in [0.25, 0.3) is 87.5 Å². The molecule has 7 aromatic carbocycles. The molecular weight excluding hydrogens is 508 g/mol. The summed E-state index contributed by atoms with van der Waals surface area (Å²) >= 11 is 0. The molecule has 0 aliphatic heterocycles. The minimum Gasteiger partial charge on any atom is -0.256 e. The maximum atomic E-state index is 4.76. The topological polar surface area (TPSA) is 25.8 Å². The van der Waals surface area contributed by atoms with Gasteiger partial charge in [0.05, 0.1) is 11.0 Å². The number of hydrogen-bond donors (Lipinski definition) is 0. The molecule has 0 saturated carbocycles. The van der Waals surface area contributed by atoms with Crippen LogP contribution in [0.3, 0.4) is 0 Å². The van der Waals surface area contributed by atoms with Crippen molar-refractivity contribution >= 4 is 54.1 Å². The fraction of sp³-hybridized carbons (Fsp3) is 0. The molecule has 194 valence electrons. The lowest BCUT2D eigenvalue weighted by Crippen LogP contribution is -1.90. The molecule has 0 atom stereocenters. The van der Waals surface area contributed by atoms with Gasteiger partial charge in [0.15, 0.2) is 0 Å². The van der Waals surface area contributed by atoms with E-state index < -0.39 is 0 Å². The zero-order valence-corrected chi connectivity index (χ0v) is 22.8. The molecule has 0 aliphatic rings. The van der Waals surface area contributed by atoms with Gasteiger partial charge in [0.1, 0.15) is 0 Å². The van der Waals surface area contributed by atoms with Gasteiger partial charge in [-0.1, -0.05) is 109 Å². The Morgan fingerprint density at radius 3 is 1.43 bits per heavy atom. The van der Waals surface area contributed by atoms with Crippen LogP contribution in [-0.4, -0.2) is 9.97 Å². The summed E-state index contributed by atoms with van der Waals surface area (Å²) in [6.45, 7) is 0. The first-order valence-electron chi connectivity index (χ1n) is 14.3. The third kappa shape index (κ3) is 3.52. The summed E-state index contributed by atoms with van der Waals surface area (Å²) in [5.41, 5.74) is 9.16. The summed E-state index contributed by atoms with van der Waals surface area (Å²) in [5.74, 6) is 0. The fourth-order valence-electron chi connectivity index (χ4n) is 6.59. The van der Waals surface area contributed by atoms with E-state index in [9.17, 15) is 0 Å². The minimum atomic E-state index is 1.02. The Hall–Kier alpha value is -5.60. The van der Waals surface area contributed by atoms with E-state index in [1.807, 2.05) is 24.5 Å². The average molecular weight is 533 g/mol. The minimum absolute atomic E-state index is 1.02. The van der Waals surface area contributed by atoms with Gasteiger partial charge < -0.3 is 0 Å². The smallest absolute Gasteiger partial charge is 0.0702 e. The molecule has 2 heterocycles. The van der Waals surface area contributed by atoms with Crippen LogP contribution in [0.4, 0.5) is 0 Å². The Morgan fingerprint density at radius 2 is 0.810 bits per heavy atom. The highest BCUT2D eigenvalue weighted by molar-refractivity contribution is 6.27. The molecule has 0 radical (unpaired) electrons. The van der Waals surface area contributed by atoms with Gasteiger partial charge in [-0.3, -0.25) is 9.97 Å². The van der Waals surface area contributed by atoms with Crippen molar-refractivity contribution in [3.8, 4) is 33.4 Å². The molecule has 0 spiro atoms. The first-order valence-corrected chi connectivity index (χ1v) is 14.3. The molecular formula is C40H24N2. The quantitative estimate of drug-likeness (QED) is 0.212. The number of hydrogen-bond acceptors (Lipinski definition) is 2. The van der Waals surface area contributed by atoms with Gasteiger partial charge in [0.25, 0.3) is 0 Å². The molecule has 9 rings (SSSR count). The Labute approximate surface area is 242 Å². The van der Waals surface area contributed by atoms with Gasteiger partial charge in [-0.05, 0) is 78.8 Å². The summed E-state index contributed by atoms with van der Waals surface area (Å²) < 4.78 is 0. The maximum Gasteiger partial charge on any atom is 0.0702 e. The van der Waals surface area contributed by atoms with E-state index in [4.69, 9.17) is 4.98 Å². The number of fused-ring (bicyclic) bond motifs is 2. The highest BCUT2D eigenvalue weighted by Crippen LogP contribution is 2.42. The van der Waals surface area contributed by atoms with Crippen LogP contribution in [0.15, 0.2) is 146 Å². The van der Waals surface area contributed by atoms with Crippen molar-refractivity contribution in [2.24, 2.45) is 0 Å². The lowest BCUT2D eigenvalue weighted by molar-refractivity contribution is 1.41. The SMILES string of the molecule is c1ccc2ncc(-c3ccc(-c4ccc5ccc6c(-c7cnc8ccccc8c7)ccc7ccc4c5c76)cc3)cc2c1. The molecule has 0 N–H and O–H groups in total. The average Bonchev–Trinajstić information content (AvgIpc) is 3.06. The summed E-state index contributed by atoms with van der Waals surface area (Å²) in [7, 11) is 0. The van der Waals surface area contributed by atoms with Gasteiger partial charge in [-0.15, -0.1) is 0 Å². The van der Waals surface area contributed by atoms with Gasteiger partial charge in [-0.25, -0.2) is 0 Å². The van der Waals surface area contributed by atoms with Crippen molar-refractivity contribution in [2.45, 2.75) is 0 Å². The first-order chi connectivity index (χ1) is 20.8. The molecule has 9 aromatic rings. The first kappa shape index (κ1) is 23.1. The number of rotatable bonds is 3. The van der Waals surface area contributed by atoms with Crippen molar-refractivity contribution in [1.29, 1.82) is 0 Å². The predicted octanol–water partition coefficient (Wildman–Crippen LogP) is 10.7. The summed E-state index contributed by atoms with van der Waals surface area (Å²) in [4.78, 5) is 9.43. The molecule has 2 nitrogen and oxygen atoms in total. The van der Waals surface area contributed by atoms with E-state index in [1.54, 1.807) is 0 Å². The number of pyridine rings is 2. The second kappa shape index (κ2) is 8.95. The van der Waals surface area contributed by atoms with Gasteiger partial charge in [0.2, 0.25) is 0 Å². The number of benzene rings is 7. The van der Waals surface area contributed by atoms with E-state index in [-0.39, 0.29) is 0 Å². The van der Waals surface area contributed by atoms with Gasteiger partial charge in [-0.2, -0.15) is 0 Å². The lowest BCUT2D eigenvalue weighted by Gasteiger charge is -2.17. The Morgan fingerprint density at radius 1 is 0.333 bits per heavy atom. The summed E-state index contributed by atoms with van der Waals surface area (Å²) in [6.07, 6.45) is 3.97. The normalized spacial score (nSPS) is 11.8. The second-order valence-corrected chi connectivity index (χ2v) is 11.1. The van der Waals surface area contributed by atoms with Crippen molar-refractivity contribution < 1.29 is 0 Å². The summed E-state index contributed by atoms with van der Waals surface area (Å²) in [6, 6.07) is 48.1. The molecule has 0 amide bonds. The van der Waals surface area contributed by atoms with Crippen molar-refractivity contribution in [3.05, 3.63) is 146 Å².